The first-order chi connectivity index (χ1) is 9.75. The molecule has 1 aliphatic carbocycles. The molecule has 2 amide bonds. The number of benzene rings is 1. The minimum absolute atomic E-state index is 0.133. The Labute approximate surface area is 119 Å². The van der Waals surface area contributed by atoms with Crippen LogP contribution in [0.2, 0.25) is 0 Å². The Morgan fingerprint density at radius 3 is 2.40 bits per heavy atom. The second-order valence-corrected chi connectivity index (χ2v) is 5.68. The predicted molar refractivity (Wildman–Crippen MR) is 77.7 cm³/mol. The lowest BCUT2D eigenvalue weighted by Gasteiger charge is -2.25. The number of carbonyl (C=O) groups is 2. The van der Waals surface area contributed by atoms with E-state index in [1.807, 2.05) is 30.3 Å². The third kappa shape index (κ3) is 2.53. The second kappa shape index (κ2) is 5.61. The summed E-state index contributed by atoms with van der Waals surface area (Å²) in [6.07, 6.45) is 7.49. The highest BCUT2D eigenvalue weighted by atomic mass is 16.2. The zero-order valence-corrected chi connectivity index (χ0v) is 11.5. The number of hydrogen-bond acceptors (Lipinski definition) is 2. The van der Waals surface area contributed by atoms with Crippen molar-refractivity contribution >= 4 is 17.4 Å². The van der Waals surface area contributed by atoms with Crippen molar-refractivity contribution in [1.82, 2.24) is 4.90 Å². The van der Waals surface area contributed by atoms with Crippen LogP contribution >= 0.6 is 0 Å². The van der Waals surface area contributed by atoms with Crippen molar-refractivity contribution in [1.29, 1.82) is 0 Å². The van der Waals surface area contributed by atoms with E-state index in [-0.39, 0.29) is 11.8 Å². The summed E-state index contributed by atoms with van der Waals surface area (Å²) in [4.78, 5) is 25.9. The van der Waals surface area contributed by atoms with Crippen LogP contribution in [0.3, 0.4) is 0 Å². The van der Waals surface area contributed by atoms with Crippen LogP contribution in [0.5, 0.6) is 0 Å². The van der Waals surface area contributed by atoms with Crippen molar-refractivity contribution < 1.29 is 9.59 Å². The minimum atomic E-state index is -0.153. The molecule has 2 aliphatic rings. The summed E-state index contributed by atoms with van der Waals surface area (Å²) in [6, 6.07) is 9.43. The van der Waals surface area contributed by atoms with E-state index < -0.39 is 0 Å². The summed E-state index contributed by atoms with van der Waals surface area (Å²) in [7, 11) is 0. The normalized spacial score (nSPS) is 20.4. The molecule has 3 heteroatoms. The molecule has 3 rings (SSSR count). The van der Waals surface area contributed by atoms with Gasteiger partial charge in [0, 0.05) is 12.6 Å². The quantitative estimate of drug-likeness (QED) is 0.791. The molecule has 0 spiro atoms. The molecule has 1 heterocycles. The summed E-state index contributed by atoms with van der Waals surface area (Å²) in [5.74, 6) is 0.200. The summed E-state index contributed by atoms with van der Waals surface area (Å²) in [5, 5.41) is 0. The van der Waals surface area contributed by atoms with Crippen molar-refractivity contribution in [3.63, 3.8) is 0 Å². The van der Waals surface area contributed by atoms with E-state index in [4.69, 9.17) is 0 Å². The fourth-order valence-electron chi connectivity index (χ4n) is 3.13. The molecule has 1 saturated carbocycles. The van der Waals surface area contributed by atoms with Crippen molar-refractivity contribution in [3.8, 4) is 0 Å². The van der Waals surface area contributed by atoms with Crippen LogP contribution in [0.1, 0.15) is 37.7 Å². The molecule has 0 atom stereocenters. The van der Waals surface area contributed by atoms with Gasteiger partial charge in [0.1, 0.15) is 0 Å². The lowest BCUT2D eigenvalue weighted by Crippen LogP contribution is -2.36. The highest BCUT2D eigenvalue weighted by Crippen LogP contribution is 2.28. The smallest absolute Gasteiger partial charge is 0.261 e. The molecule has 1 aromatic rings. The monoisotopic (exact) mass is 269 g/mol. The van der Waals surface area contributed by atoms with Gasteiger partial charge in [0.2, 0.25) is 0 Å². The standard InChI is InChI=1S/C17H19NO2/c19-16-11-15(14-9-5-2-6-10-14)17(20)18(16)12-13-7-3-1-4-8-13/h2,5-6,9-11,13H,1,3-4,7-8,12H2. The van der Waals surface area contributed by atoms with Gasteiger partial charge in [-0.25, -0.2) is 0 Å². The van der Waals surface area contributed by atoms with E-state index in [1.165, 1.54) is 30.2 Å². The molecule has 0 unspecified atom stereocenters. The molecule has 0 aromatic heterocycles. The molecular formula is C17H19NO2. The SMILES string of the molecule is O=C1C=C(c2ccccc2)C(=O)N1CC1CCCCC1. The Morgan fingerprint density at radius 1 is 1.00 bits per heavy atom. The average Bonchev–Trinajstić information content (AvgIpc) is 2.77. The van der Waals surface area contributed by atoms with Crippen LogP contribution in [0, 0.1) is 5.92 Å². The number of hydrogen-bond donors (Lipinski definition) is 0. The van der Waals surface area contributed by atoms with Gasteiger partial charge >= 0.3 is 0 Å². The van der Waals surface area contributed by atoms with E-state index >= 15 is 0 Å². The van der Waals surface area contributed by atoms with Gasteiger partial charge < -0.3 is 0 Å². The fraction of sp³-hybridized carbons (Fsp3) is 0.412. The largest absolute Gasteiger partial charge is 0.275 e. The van der Waals surface area contributed by atoms with E-state index in [9.17, 15) is 9.59 Å². The zero-order chi connectivity index (χ0) is 13.9. The van der Waals surface area contributed by atoms with Gasteiger partial charge in [0.25, 0.3) is 11.8 Å². The Morgan fingerprint density at radius 2 is 1.70 bits per heavy atom. The van der Waals surface area contributed by atoms with Crippen LogP contribution < -0.4 is 0 Å². The molecule has 0 N–H and O–H groups in total. The van der Waals surface area contributed by atoms with E-state index in [1.54, 1.807) is 0 Å². The Hall–Kier alpha value is -1.90. The molecular weight excluding hydrogens is 250 g/mol. The summed E-state index contributed by atoms with van der Waals surface area (Å²) in [6.45, 7) is 0.588. The molecule has 1 aliphatic heterocycles. The second-order valence-electron chi connectivity index (χ2n) is 5.68. The molecule has 1 aromatic carbocycles. The summed E-state index contributed by atoms with van der Waals surface area (Å²) >= 11 is 0. The number of rotatable bonds is 3. The first-order valence-electron chi connectivity index (χ1n) is 7.38. The molecule has 20 heavy (non-hydrogen) atoms. The van der Waals surface area contributed by atoms with Gasteiger partial charge in [0.05, 0.1) is 5.57 Å². The van der Waals surface area contributed by atoms with Crippen LogP contribution in [-0.2, 0) is 9.59 Å². The number of imide groups is 1. The summed E-state index contributed by atoms with van der Waals surface area (Å²) < 4.78 is 0. The highest BCUT2D eigenvalue weighted by Gasteiger charge is 2.33. The van der Waals surface area contributed by atoms with Gasteiger partial charge in [-0.2, -0.15) is 0 Å². The van der Waals surface area contributed by atoms with Gasteiger partial charge in [-0.1, -0.05) is 49.6 Å². The maximum Gasteiger partial charge on any atom is 0.261 e. The first kappa shape index (κ1) is 13.1. The van der Waals surface area contributed by atoms with Gasteiger partial charge in [0.15, 0.2) is 0 Å². The maximum atomic E-state index is 12.4. The number of nitrogens with zero attached hydrogens (tertiary/aromatic N) is 1. The Balaban J connectivity index is 1.73. The Bertz CT molecular complexity index is 541. The average molecular weight is 269 g/mol. The van der Waals surface area contributed by atoms with Crippen molar-refractivity contribution in [2.45, 2.75) is 32.1 Å². The molecule has 1 fully saturated rings. The first-order valence-corrected chi connectivity index (χ1v) is 7.38. The summed E-state index contributed by atoms with van der Waals surface area (Å²) in [5.41, 5.74) is 1.36. The molecule has 3 nitrogen and oxygen atoms in total. The van der Waals surface area contributed by atoms with Crippen molar-refractivity contribution in [2.24, 2.45) is 5.92 Å². The number of amides is 2. The van der Waals surface area contributed by atoms with Gasteiger partial charge in [-0.05, 0) is 24.3 Å². The van der Waals surface area contributed by atoms with E-state index in [0.29, 0.717) is 18.0 Å². The lowest BCUT2D eigenvalue weighted by molar-refractivity contribution is -0.137. The third-order valence-corrected chi connectivity index (χ3v) is 4.26. The van der Waals surface area contributed by atoms with Crippen molar-refractivity contribution in [2.75, 3.05) is 6.54 Å². The van der Waals surface area contributed by atoms with Crippen molar-refractivity contribution in [3.05, 3.63) is 42.0 Å². The Kier molecular flexibility index (Phi) is 3.68. The molecule has 104 valence electrons. The van der Waals surface area contributed by atoms with Gasteiger partial charge in [-0.15, -0.1) is 0 Å². The minimum Gasteiger partial charge on any atom is -0.275 e. The van der Waals surface area contributed by atoms with E-state index in [2.05, 4.69) is 0 Å². The van der Waals surface area contributed by atoms with E-state index in [0.717, 1.165) is 18.4 Å². The van der Waals surface area contributed by atoms with Crippen LogP contribution in [0.4, 0.5) is 0 Å². The molecule has 0 radical (unpaired) electrons. The fourth-order valence-corrected chi connectivity index (χ4v) is 3.13. The third-order valence-electron chi connectivity index (χ3n) is 4.26. The lowest BCUT2D eigenvalue weighted by atomic mass is 9.89. The predicted octanol–water partition coefficient (Wildman–Crippen LogP) is 3.02. The maximum absolute atomic E-state index is 12.4. The molecule has 0 bridgehead atoms. The number of carbonyl (C=O) groups excluding carboxylic acids is 2. The zero-order valence-electron chi connectivity index (χ0n) is 11.5. The van der Waals surface area contributed by atoms with Gasteiger partial charge in [-0.3, -0.25) is 14.5 Å². The topological polar surface area (TPSA) is 37.4 Å². The highest BCUT2D eigenvalue weighted by molar-refractivity contribution is 6.33. The van der Waals surface area contributed by atoms with Crippen LogP contribution in [0.25, 0.3) is 5.57 Å². The van der Waals surface area contributed by atoms with Crippen LogP contribution in [0.15, 0.2) is 36.4 Å². The van der Waals surface area contributed by atoms with Crippen LogP contribution in [-0.4, -0.2) is 23.3 Å². The molecule has 0 saturated heterocycles.